The number of aliphatic hydroxyl groups is 1. The zero-order valence-electron chi connectivity index (χ0n) is 12.7. The molecule has 0 spiro atoms. The molecule has 0 bridgehead atoms. The summed E-state index contributed by atoms with van der Waals surface area (Å²) >= 11 is 0. The van der Waals surface area contributed by atoms with Gasteiger partial charge in [-0.3, -0.25) is 0 Å². The lowest BCUT2D eigenvalue weighted by Gasteiger charge is -2.16. The molecule has 0 saturated heterocycles. The number of aliphatic hydroxyl groups excluding tert-OH is 1. The zero-order chi connectivity index (χ0) is 14.9. The molecule has 0 amide bonds. The van der Waals surface area contributed by atoms with Gasteiger partial charge in [-0.2, -0.15) is 0 Å². The van der Waals surface area contributed by atoms with E-state index in [0.29, 0.717) is 12.5 Å². The topological polar surface area (TPSA) is 29.5 Å². The molecule has 0 aromatic heterocycles. The number of aryl methyl sites for hydroxylation is 1. The second-order valence-electron chi connectivity index (χ2n) is 5.48. The molecule has 2 aromatic carbocycles. The average Bonchev–Trinajstić information content (AvgIpc) is 2.53. The van der Waals surface area contributed by atoms with Crippen molar-refractivity contribution >= 4 is 0 Å². The Bertz CT molecular complexity index is 522. The summed E-state index contributed by atoms with van der Waals surface area (Å²) in [6.45, 7) is 3.07. The van der Waals surface area contributed by atoms with E-state index >= 15 is 0 Å². The lowest BCUT2D eigenvalue weighted by molar-refractivity contribution is 0.204. The number of rotatable bonds is 8. The number of hydrogen-bond acceptors (Lipinski definition) is 2. The van der Waals surface area contributed by atoms with Gasteiger partial charge in [-0.25, -0.2) is 0 Å². The molecular formula is C19H24O2. The van der Waals surface area contributed by atoms with E-state index in [0.717, 1.165) is 25.0 Å². The lowest BCUT2D eigenvalue weighted by atomic mass is 9.93. The molecule has 0 aliphatic carbocycles. The van der Waals surface area contributed by atoms with Gasteiger partial charge in [-0.05, 0) is 55.4 Å². The summed E-state index contributed by atoms with van der Waals surface area (Å²) in [4.78, 5) is 0. The van der Waals surface area contributed by atoms with Crippen molar-refractivity contribution in [2.75, 3.05) is 13.2 Å². The van der Waals surface area contributed by atoms with E-state index in [-0.39, 0.29) is 6.61 Å². The molecule has 1 unspecified atom stereocenters. The fourth-order valence-corrected chi connectivity index (χ4v) is 2.49. The molecule has 1 atom stereocenters. The van der Waals surface area contributed by atoms with Gasteiger partial charge in [0.25, 0.3) is 0 Å². The van der Waals surface area contributed by atoms with Crippen LogP contribution in [0.5, 0.6) is 5.75 Å². The second kappa shape index (κ2) is 8.48. The SMILES string of the molecule is Cc1ccccc1CC(CO)CCCOc1ccccc1. The molecule has 2 heteroatoms. The Labute approximate surface area is 127 Å². The van der Waals surface area contributed by atoms with Crippen LogP contribution in [0.3, 0.4) is 0 Å². The van der Waals surface area contributed by atoms with Crippen molar-refractivity contribution in [3.63, 3.8) is 0 Å². The van der Waals surface area contributed by atoms with Crippen molar-refractivity contribution in [2.24, 2.45) is 5.92 Å². The Morgan fingerprint density at radius 1 is 1.00 bits per heavy atom. The summed E-state index contributed by atoms with van der Waals surface area (Å²) in [5.74, 6) is 1.22. The summed E-state index contributed by atoms with van der Waals surface area (Å²) in [5.41, 5.74) is 2.64. The first-order chi connectivity index (χ1) is 10.3. The molecular weight excluding hydrogens is 260 g/mol. The van der Waals surface area contributed by atoms with Gasteiger partial charge in [-0.1, -0.05) is 42.5 Å². The summed E-state index contributed by atoms with van der Waals surface area (Å²) in [5, 5.41) is 9.55. The highest BCUT2D eigenvalue weighted by atomic mass is 16.5. The Morgan fingerprint density at radius 3 is 2.43 bits per heavy atom. The van der Waals surface area contributed by atoms with Crippen molar-refractivity contribution in [1.29, 1.82) is 0 Å². The third-order valence-corrected chi connectivity index (χ3v) is 3.80. The van der Waals surface area contributed by atoms with E-state index in [1.54, 1.807) is 0 Å². The molecule has 1 N–H and O–H groups in total. The first-order valence-corrected chi connectivity index (χ1v) is 7.63. The predicted molar refractivity (Wildman–Crippen MR) is 86.6 cm³/mol. The summed E-state index contributed by atoms with van der Waals surface area (Å²) in [6.07, 6.45) is 2.89. The second-order valence-corrected chi connectivity index (χ2v) is 5.48. The van der Waals surface area contributed by atoms with Crippen LogP contribution in [0.2, 0.25) is 0 Å². The maximum Gasteiger partial charge on any atom is 0.119 e. The summed E-state index contributed by atoms with van der Waals surface area (Å²) in [6, 6.07) is 18.3. The quantitative estimate of drug-likeness (QED) is 0.742. The van der Waals surface area contributed by atoms with Crippen LogP contribution < -0.4 is 4.74 Å². The van der Waals surface area contributed by atoms with Crippen LogP contribution >= 0.6 is 0 Å². The number of para-hydroxylation sites is 1. The molecule has 112 valence electrons. The van der Waals surface area contributed by atoms with Gasteiger partial charge in [0, 0.05) is 6.61 Å². The fraction of sp³-hybridized carbons (Fsp3) is 0.368. The van der Waals surface area contributed by atoms with E-state index in [1.807, 2.05) is 30.3 Å². The lowest BCUT2D eigenvalue weighted by Crippen LogP contribution is -2.12. The van der Waals surface area contributed by atoms with Crippen LogP contribution in [-0.4, -0.2) is 18.3 Å². The zero-order valence-corrected chi connectivity index (χ0v) is 12.7. The normalized spacial score (nSPS) is 12.1. The monoisotopic (exact) mass is 284 g/mol. The first kappa shape index (κ1) is 15.6. The van der Waals surface area contributed by atoms with Crippen molar-refractivity contribution in [1.82, 2.24) is 0 Å². The van der Waals surface area contributed by atoms with Crippen LogP contribution in [0.1, 0.15) is 24.0 Å². The van der Waals surface area contributed by atoms with Crippen LogP contribution in [0.15, 0.2) is 54.6 Å². The van der Waals surface area contributed by atoms with Gasteiger partial charge in [0.05, 0.1) is 6.61 Å². The maximum atomic E-state index is 9.55. The number of benzene rings is 2. The van der Waals surface area contributed by atoms with E-state index in [2.05, 4.69) is 31.2 Å². The van der Waals surface area contributed by atoms with Gasteiger partial charge in [0.1, 0.15) is 5.75 Å². The Hall–Kier alpha value is -1.80. The van der Waals surface area contributed by atoms with E-state index in [9.17, 15) is 5.11 Å². The number of ether oxygens (including phenoxy) is 1. The third kappa shape index (κ3) is 5.24. The third-order valence-electron chi connectivity index (χ3n) is 3.80. The first-order valence-electron chi connectivity index (χ1n) is 7.63. The van der Waals surface area contributed by atoms with Gasteiger partial charge < -0.3 is 9.84 Å². The molecule has 2 nitrogen and oxygen atoms in total. The smallest absolute Gasteiger partial charge is 0.119 e. The van der Waals surface area contributed by atoms with Crippen LogP contribution in [-0.2, 0) is 6.42 Å². The van der Waals surface area contributed by atoms with Crippen LogP contribution in [0.4, 0.5) is 0 Å². The Kier molecular flexibility index (Phi) is 6.29. The molecule has 2 aromatic rings. The van der Waals surface area contributed by atoms with Gasteiger partial charge in [0.15, 0.2) is 0 Å². The van der Waals surface area contributed by atoms with Crippen LogP contribution in [0.25, 0.3) is 0 Å². The number of hydrogen-bond donors (Lipinski definition) is 1. The minimum absolute atomic E-state index is 0.236. The van der Waals surface area contributed by atoms with Crippen LogP contribution in [0, 0.1) is 12.8 Å². The fourth-order valence-electron chi connectivity index (χ4n) is 2.49. The molecule has 0 aliphatic heterocycles. The largest absolute Gasteiger partial charge is 0.494 e. The Balaban J connectivity index is 1.74. The van der Waals surface area contributed by atoms with E-state index < -0.39 is 0 Å². The van der Waals surface area contributed by atoms with Crippen molar-refractivity contribution in [2.45, 2.75) is 26.2 Å². The van der Waals surface area contributed by atoms with Gasteiger partial charge >= 0.3 is 0 Å². The summed E-state index contributed by atoms with van der Waals surface area (Å²) < 4.78 is 5.69. The van der Waals surface area contributed by atoms with Gasteiger partial charge in [-0.15, -0.1) is 0 Å². The van der Waals surface area contributed by atoms with E-state index in [4.69, 9.17) is 4.74 Å². The highest BCUT2D eigenvalue weighted by molar-refractivity contribution is 5.26. The minimum atomic E-state index is 0.236. The predicted octanol–water partition coefficient (Wildman–Crippen LogP) is 4.01. The average molecular weight is 284 g/mol. The minimum Gasteiger partial charge on any atom is -0.494 e. The summed E-state index contributed by atoms with van der Waals surface area (Å²) in [7, 11) is 0. The molecule has 0 heterocycles. The molecule has 0 aliphatic rings. The highest BCUT2D eigenvalue weighted by Gasteiger charge is 2.10. The molecule has 2 rings (SSSR count). The maximum absolute atomic E-state index is 9.55. The van der Waals surface area contributed by atoms with E-state index in [1.165, 1.54) is 11.1 Å². The molecule has 21 heavy (non-hydrogen) atoms. The molecule has 0 radical (unpaired) electrons. The Morgan fingerprint density at radius 2 is 1.71 bits per heavy atom. The molecule has 0 fully saturated rings. The van der Waals surface area contributed by atoms with Crippen molar-refractivity contribution in [3.8, 4) is 5.75 Å². The standard InChI is InChI=1S/C19H24O2/c1-16-8-5-6-10-18(16)14-17(15-20)9-7-13-21-19-11-3-2-4-12-19/h2-6,8,10-12,17,20H,7,9,13-15H2,1H3. The molecule has 0 saturated carbocycles. The van der Waals surface area contributed by atoms with Gasteiger partial charge in [0.2, 0.25) is 0 Å². The van der Waals surface area contributed by atoms with Crippen molar-refractivity contribution in [3.05, 3.63) is 65.7 Å². The van der Waals surface area contributed by atoms with Crippen molar-refractivity contribution < 1.29 is 9.84 Å². The highest BCUT2D eigenvalue weighted by Crippen LogP contribution is 2.17.